The van der Waals surface area contributed by atoms with Gasteiger partial charge in [-0.15, -0.1) is 0 Å². The van der Waals surface area contributed by atoms with E-state index in [0.717, 1.165) is 0 Å². The minimum Gasteiger partial charge on any atom is -0.367 e. The Morgan fingerprint density at radius 3 is 2.78 bits per heavy atom. The van der Waals surface area contributed by atoms with Crippen molar-refractivity contribution in [2.75, 3.05) is 11.5 Å². The summed E-state index contributed by atoms with van der Waals surface area (Å²) in [6.45, 7) is 1.67. The van der Waals surface area contributed by atoms with Crippen molar-refractivity contribution in [1.29, 1.82) is 0 Å². The fourth-order valence-electron chi connectivity index (χ4n) is 2.04. The molecule has 1 amide bonds. The maximum atomic E-state index is 11.9. The molecule has 18 heavy (non-hydrogen) atoms. The lowest BCUT2D eigenvalue weighted by molar-refractivity contribution is 0.0914. The molecule has 1 fully saturated rings. The van der Waals surface area contributed by atoms with Gasteiger partial charge in [-0.3, -0.25) is 9.59 Å². The number of aromatic nitrogens is 1. The largest absolute Gasteiger partial charge is 0.367 e. The zero-order valence-corrected chi connectivity index (χ0v) is 10.7. The van der Waals surface area contributed by atoms with Crippen LogP contribution in [0.3, 0.4) is 0 Å². The SMILES string of the molecule is CC1(NC(=O)c2c[nH]ccc2=O)CCS(=O)(=O)C1. The van der Waals surface area contributed by atoms with Crippen LogP contribution in [0.2, 0.25) is 0 Å². The Bertz CT molecular complexity index is 634. The molecule has 0 bridgehead atoms. The molecule has 6 nitrogen and oxygen atoms in total. The topological polar surface area (TPSA) is 96.1 Å². The van der Waals surface area contributed by atoms with Gasteiger partial charge in [0.15, 0.2) is 15.3 Å². The van der Waals surface area contributed by atoms with E-state index in [0.29, 0.717) is 6.42 Å². The van der Waals surface area contributed by atoms with Gasteiger partial charge < -0.3 is 10.3 Å². The Morgan fingerprint density at radius 2 is 2.22 bits per heavy atom. The molecule has 98 valence electrons. The molecule has 1 atom stereocenters. The second-order valence-electron chi connectivity index (χ2n) is 4.78. The van der Waals surface area contributed by atoms with Gasteiger partial charge in [-0.1, -0.05) is 0 Å². The maximum absolute atomic E-state index is 11.9. The predicted molar refractivity (Wildman–Crippen MR) is 66.2 cm³/mol. The van der Waals surface area contributed by atoms with Crippen LogP contribution in [0.5, 0.6) is 0 Å². The van der Waals surface area contributed by atoms with Crippen LogP contribution in [-0.4, -0.2) is 36.4 Å². The molecule has 2 heterocycles. The molecular formula is C11H14N2O4S. The van der Waals surface area contributed by atoms with E-state index in [1.165, 1.54) is 18.5 Å². The van der Waals surface area contributed by atoms with Gasteiger partial charge in [-0.2, -0.15) is 0 Å². The van der Waals surface area contributed by atoms with Gasteiger partial charge in [0.1, 0.15) is 5.56 Å². The number of rotatable bonds is 2. The first-order chi connectivity index (χ1) is 8.31. The van der Waals surface area contributed by atoms with E-state index in [9.17, 15) is 18.0 Å². The molecule has 0 aliphatic carbocycles. The highest BCUT2D eigenvalue weighted by molar-refractivity contribution is 7.91. The molecule has 2 rings (SSSR count). The molecule has 0 aromatic carbocycles. The molecule has 1 unspecified atom stereocenters. The number of sulfone groups is 1. The van der Waals surface area contributed by atoms with Gasteiger partial charge in [-0.25, -0.2) is 8.42 Å². The summed E-state index contributed by atoms with van der Waals surface area (Å²) >= 11 is 0. The van der Waals surface area contributed by atoms with Crippen LogP contribution in [0.25, 0.3) is 0 Å². The number of pyridine rings is 1. The summed E-state index contributed by atoms with van der Waals surface area (Å²) in [5, 5.41) is 2.63. The first-order valence-corrected chi connectivity index (χ1v) is 7.34. The standard InChI is InChI=1S/C11H14N2O4S/c1-11(3-5-18(16,17)7-11)13-10(15)8-6-12-4-2-9(8)14/h2,4,6H,3,5,7H2,1H3,(H,12,14)(H,13,15). The smallest absolute Gasteiger partial charge is 0.257 e. The third kappa shape index (κ3) is 2.61. The van der Waals surface area contributed by atoms with Crippen molar-refractivity contribution in [1.82, 2.24) is 10.3 Å². The van der Waals surface area contributed by atoms with Crippen molar-refractivity contribution in [3.63, 3.8) is 0 Å². The Hall–Kier alpha value is -1.63. The van der Waals surface area contributed by atoms with Crippen molar-refractivity contribution in [2.45, 2.75) is 18.9 Å². The molecule has 0 spiro atoms. The normalized spacial score (nSPS) is 25.8. The second kappa shape index (κ2) is 4.24. The third-order valence-corrected chi connectivity index (χ3v) is 4.89. The average Bonchev–Trinajstić information content (AvgIpc) is 2.53. The number of carbonyl (C=O) groups is 1. The number of amides is 1. The highest BCUT2D eigenvalue weighted by Crippen LogP contribution is 2.22. The summed E-state index contributed by atoms with van der Waals surface area (Å²) in [5.41, 5.74) is -1.20. The minimum absolute atomic E-state index is 0.0111. The summed E-state index contributed by atoms with van der Waals surface area (Å²) in [6.07, 6.45) is 3.11. The van der Waals surface area contributed by atoms with Crippen molar-refractivity contribution >= 4 is 15.7 Å². The van der Waals surface area contributed by atoms with E-state index in [1.807, 2.05) is 0 Å². The third-order valence-electron chi connectivity index (χ3n) is 2.99. The van der Waals surface area contributed by atoms with Crippen molar-refractivity contribution in [3.05, 3.63) is 34.2 Å². The fourth-order valence-corrected chi connectivity index (χ4v) is 4.14. The van der Waals surface area contributed by atoms with E-state index < -0.39 is 26.7 Å². The molecule has 1 aliphatic rings. The monoisotopic (exact) mass is 270 g/mol. The number of carbonyl (C=O) groups excluding carboxylic acids is 1. The molecule has 1 aromatic heterocycles. The Kier molecular flexibility index (Phi) is 3.02. The predicted octanol–water partition coefficient (Wildman–Crippen LogP) is -0.318. The molecule has 1 aliphatic heterocycles. The van der Waals surface area contributed by atoms with Crippen LogP contribution in [0.1, 0.15) is 23.7 Å². The molecule has 1 saturated heterocycles. The van der Waals surface area contributed by atoms with Gasteiger partial charge in [0, 0.05) is 18.5 Å². The summed E-state index contributed by atoms with van der Waals surface area (Å²) in [7, 11) is -3.09. The number of aromatic amines is 1. The molecule has 0 saturated carbocycles. The molecular weight excluding hydrogens is 256 g/mol. The minimum atomic E-state index is -3.09. The summed E-state index contributed by atoms with van der Waals surface area (Å²) < 4.78 is 22.8. The number of H-pyrrole nitrogens is 1. The van der Waals surface area contributed by atoms with Crippen LogP contribution >= 0.6 is 0 Å². The fraction of sp³-hybridized carbons (Fsp3) is 0.455. The van der Waals surface area contributed by atoms with Gasteiger partial charge in [-0.05, 0) is 13.3 Å². The van der Waals surface area contributed by atoms with E-state index in [4.69, 9.17) is 0 Å². The quantitative estimate of drug-likeness (QED) is 0.770. The van der Waals surface area contributed by atoms with Gasteiger partial charge >= 0.3 is 0 Å². The summed E-state index contributed by atoms with van der Waals surface area (Å²) in [4.78, 5) is 26.0. The lowest BCUT2D eigenvalue weighted by Crippen LogP contribution is -2.48. The summed E-state index contributed by atoms with van der Waals surface area (Å²) in [6, 6.07) is 1.25. The van der Waals surface area contributed by atoms with Gasteiger partial charge in [0.05, 0.1) is 17.0 Å². The van der Waals surface area contributed by atoms with Crippen LogP contribution in [-0.2, 0) is 9.84 Å². The van der Waals surface area contributed by atoms with E-state index in [-0.39, 0.29) is 17.1 Å². The van der Waals surface area contributed by atoms with Crippen molar-refractivity contribution < 1.29 is 13.2 Å². The van der Waals surface area contributed by atoms with Crippen LogP contribution in [0.4, 0.5) is 0 Å². The molecule has 2 N–H and O–H groups in total. The van der Waals surface area contributed by atoms with Crippen LogP contribution in [0, 0.1) is 0 Å². The van der Waals surface area contributed by atoms with Crippen LogP contribution in [0.15, 0.2) is 23.3 Å². The number of hydrogen-bond acceptors (Lipinski definition) is 4. The first-order valence-electron chi connectivity index (χ1n) is 5.51. The molecule has 0 radical (unpaired) electrons. The van der Waals surface area contributed by atoms with E-state index >= 15 is 0 Å². The van der Waals surface area contributed by atoms with Crippen molar-refractivity contribution in [2.24, 2.45) is 0 Å². The number of hydrogen-bond donors (Lipinski definition) is 2. The maximum Gasteiger partial charge on any atom is 0.257 e. The number of nitrogens with one attached hydrogen (secondary N) is 2. The Labute approximate surface area is 104 Å². The lowest BCUT2D eigenvalue weighted by Gasteiger charge is -2.23. The van der Waals surface area contributed by atoms with E-state index in [1.54, 1.807) is 6.92 Å². The molecule has 1 aromatic rings. The zero-order chi connectivity index (χ0) is 13.4. The lowest BCUT2D eigenvalue weighted by atomic mass is 10.0. The Balaban J connectivity index is 2.19. The highest BCUT2D eigenvalue weighted by atomic mass is 32.2. The van der Waals surface area contributed by atoms with E-state index in [2.05, 4.69) is 10.3 Å². The molecule has 7 heteroatoms. The van der Waals surface area contributed by atoms with Gasteiger partial charge in [0.25, 0.3) is 5.91 Å². The van der Waals surface area contributed by atoms with Gasteiger partial charge in [0.2, 0.25) is 0 Å². The summed E-state index contributed by atoms with van der Waals surface area (Å²) in [5.74, 6) is -0.567. The first kappa shape index (κ1) is 12.8. The highest BCUT2D eigenvalue weighted by Gasteiger charge is 2.39. The second-order valence-corrected chi connectivity index (χ2v) is 6.96. The zero-order valence-electron chi connectivity index (χ0n) is 9.89. The average molecular weight is 270 g/mol. The van der Waals surface area contributed by atoms with Crippen LogP contribution < -0.4 is 10.7 Å². The van der Waals surface area contributed by atoms with Crippen molar-refractivity contribution in [3.8, 4) is 0 Å². The Morgan fingerprint density at radius 1 is 1.50 bits per heavy atom.